The molecule has 75 valence electrons. The van der Waals surface area contributed by atoms with Crippen LogP contribution >= 0.6 is 15.9 Å². The summed E-state index contributed by atoms with van der Waals surface area (Å²) in [5.41, 5.74) is 2.18. The fourth-order valence-electron chi connectivity index (χ4n) is 1.45. The quantitative estimate of drug-likeness (QED) is 0.801. The highest BCUT2D eigenvalue weighted by Crippen LogP contribution is 2.22. The van der Waals surface area contributed by atoms with Gasteiger partial charge in [0.25, 0.3) is 0 Å². The second-order valence-corrected chi connectivity index (χ2v) is 4.28. The van der Waals surface area contributed by atoms with Crippen LogP contribution in [0.3, 0.4) is 0 Å². The highest BCUT2D eigenvalue weighted by Gasteiger charge is 2.08. The van der Waals surface area contributed by atoms with E-state index in [2.05, 4.69) is 40.0 Å². The topological polar surface area (TPSA) is 12.9 Å². The SMILES string of the molecule is [CH2]C(c1ccccc1)c1ccc(Br)cn1. The van der Waals surface area contributed by atoms with Gasteiger partial charge in [-0.05, 0) is 40.5 Å². The number of pyridine rings is 1. The molecule has 0 fully saturated rings. The van der Waals surface area contributed by atoms with Crippen molar-refractivity contribution in [1.82, 2.24) is 4.98 Å². The number of rotatable bonds is 2. The van der Waals surface area contributed by atoms with E-state index in [0.717, 1.165) is 10.2 Å². The molecule has 0 bridgehead atoms. The highest BCUT2D eigenvalue weighted by atomic mass is 79.9. The Morgan fingerprint density at radius 2 is 1.80 bits per heavy atom. The van der Waals surface area contributed by atoms with Gasteiger partial charge < -0.3 is 0 Å². The van der Waals surface area contributed by atoms with Gasteiger partial charge in [0, 0.05) is 22.3 Å². The van der Waals surface area contributed by atoms with Gasteiger partial charge in [-0.2, -0.15) is 0 Å². The van der Waals surface area contributed by atoms with E-state index in [1.165, 1.54) is 5.56 Å². The summed E-state index contributed by atoms with van der Waals surface area (Å²) < 4.78 is 0.992. The van der Waals surface area contributed by atoms with Gasteiger partial charge in [-0.3, -0.25) is 4.98 Å². The van der Waals surface area contributed by atoms with Crippen molar-refractivity contribution in [1.29, 1.82) is 0 Å². The number of hydrogen-bond acceptors (Lipinski definition) is 1. The van der Waals surface area contributed by atoms with Crippen LogP contribution < -0.4 is 0 Å². The largest absolute Gasteiger partial charge is 0.259 e. The van der Waals surface area contributed by atoms with Crippen LogP contribution in [0.4, 0.5) is 0 Å². The first-order valence-corrected chi connectivity index (χ1v) is 5.56. The lowest BCUT2D eigenvalue weighted by molar-refractivity contribution is 0.949. The van der Waals surface area contributed by atoms with Crippen LogP contribution in [0.15, 0.2) is 53.1 Å². The summed E-state index contributed by atoms with van der Waals surface area (Å²) in [7, 11) is 0. The zero-order chi connectivity index (χ0) is 10.7. The predicted molar refractivity (Wildman–Crippen MR) is 65.6 cm³/mol. The van der Waals surface area contributed by atoms with Crippen LogP contribution in [0.25, 0.3) is 0 Å². The van der Waals surface area contributed by atoms with E-state index in [1.54, 1.807) is 6.20 Å². The van der Waals surface area contributed by atoms with Crippen molar-refractivity contribution >= 4 is 15.9 Å². The van der Waals surface area contributed by atoms with Gasteiger partial charge in [-0.15, -0.1) is 0 Å². The summed E-state index contributed by atoms with van der Waals surface area (Å²) >= 11 is 3.37. The van der Waals surface area contributed by atoms with E-state index >= 15 is 0 Å². The van der Waals surface area contributed by atoms with Crippen LogP contribution in [-0.4, -0.2) is 4.98 Å². The van der Waals surface area contributed by atoms with Crippen molar-refractivity contribution in [2.75, 3.05) is 0 Å². The minimum atomic E-state index is 0.0966. The molecule has 2 aromatic rings. The molecule has 1 aromatic heterocycles. The van der Waals surface area contributed by atoms with Crippen molar-refractivity contribution in [2.45, 2.75) is 5.92 Å². The normalized spacial score (nSPS) is 12.4. The standard InChI is InChI=1S/C13H11BrN/c1-10(11-5-3-2-4-6-11)13-8-7-12(14)9-15-13/h2-10H,1H2. The highest BCUT2D eigenvalue weighted by molar-refractivity contribution is 9.10. The van der Waals surface area contributed by atoms with Crippen LogP contribution in [0.1, 0.15) is 17.2 Å². The Labute approximate surface area is 98.3 Å². The molecule has 1 nitrogen and oxygen atoms in total. The third-order valence-electron chi connectivity index (χ3n) is 2.31. The molecule has 2 rings (SSSR count). The summed E-state index contributed by atoms with van der Waals surface area (Å²) in [5.74, 6) is 0.0966. The molecule has 1 unspecified atom stereocenters. The molecule has 1 atom stereocenters. The Balaban J connectivity index is 2.29. The molecule has 0 aliphatic rings. The van der Waals surface area contributed by atoms with E-state index in [-0.39, 0.29) is 5.92 Å². The molecule has 1 aromatic carbocycles. The van der Waals surface area contributed by atoms with Crippen molar-refractivity contribution < 1.29 is 0 Å². The summed E-state index contributed by atoms with van der Waals surface area (Å²) in [4.78, 5) is 4.35. The Bertz CT molecular complexity index is 422. The molecule has 0 amide bonds. The maximum absolute atomic E-state index is 4.35. The predicted octanol–water partition coefficient (Wildman–Crippen LogP) is 3.81. The first-order valence-electron chi connectivity index (χ1n) is 4.77. The third-order valence-corrected chi connectivity index (χ3v) is 2.78. The molecule has 1 radical (unpaired) electrons. The van der Waals surface area contributed by atoms with E-state index in [0.29, 0.717) is 0 Å². The molecule has 0 saturated heterocycles. The van der Waals surface area contributed by atoms with Gasteiger partial charge in [0.15, 0.2) is 0 Å². The minimum Gasteiger partial charge on any atom is -0.259 e. The molecule has 0 spiro atoms. The zero-order valence-corrected chi connectivity index (χ0v) is 9.81. The van der Waals surface area contributed by atoms with E-state index in [9.17, 15) is 0 Å². The van der Waals surface area contributed by atoms with Crippen molar-refractivity contribution in [3.63, 3.8) is 0 Å². The Hall–Kier alpha value is -1.15. The molecule has 2 heteroatoms. The molecule has 0 N–H and O–H groups in total. The van der Waals surface area contributed by atoms with Gasteiger partial charge in [-0.1, -0.05) is 30.3 Å². The molecule has 15 heavy (non-hydrogen) atoms. The molecule has 1 heterocycles. The summed E-state index contributed by atoms with van der Waals surface area (Å²) in [6.45, 7) is 4.13. The van der Waals surface area contributed by atoms with Crippen molar-refractivity contribution in [3.8, 4) is 0 Å². The van der Waals surface area contributed by atoms with E-state index in [4.69, 9.17) is 0 Å². The smallest absolute Gasteiger partial charge is 0.0479 e. The van der Waals surface area contributed by atoms with E-state index < -0.39 is 0 Å². The lowest BCUT2D eigenvalue weighted by Crippen LogP contribution is -1.98. The van der Waals surface area contributed by atoms with E-state index in [1.807, 2.05) is 30.3 Å². The van der Waals surface area contributed by atoms with Crippen molar-refractivity contribution in [2.24, 2.45) is 0 Å². The Kier molecular flexibility index (Phi) is 3.17. The van der Waals surface area contributed by atoms with Gasteiger partial charge in [0.05, 0.1) is 0 Å². The Morgan fingerprint density at radius 3 is 2.40 bits per heavy atom. The summed E-state index contributed by atoms with van der Waals surface area (Å²) in [6, 6.07) is 14.2. The first kappa shape index (κ1) is 10.4. The lowest BCUT2D eigenvalue weighted by atomic mass is 9.97. The zero-order valence-electron chi connectivity index (χ0n) is 8.23. The third kappa shape index (κ3) is 2.45. The average molecular weight is 261 g/mol. The number of halogens is 1. The van der Waals surface area contributed by atoms with Gasteiger partial charge in [0.2, 0.25) is 0 Å². The molecular weight excluding hydrogens is 250 g/mol. The second kappa shape index (κ2) is 4.58. The van der Waals surface area contributed by atoms with Crippen LogP contribution in [0.2, 0.25) is 0 Å². The average Bonchev–Trinajstić information content (AvgIpc) is 2.30. The van der Waals surface area contributed by atoms with Gasteiger partial charge in [-0.25, -0.2) is 0 Å². The molecular formula is C13H11BrN. The molecule has 0 saturated carbocycles. The number of nitrogens with zero attached hydrogens (tertiary/aromatic N) is 1. The second-order valence-electron chi connectivity index (χ2n) is 3.36. The maximum Gasteiger partial charge on any atom is 0.0479 e. The minimum absolute atomic E-state index is 0.0966. The maximum atomic E-state index is 4.35. The lowest BCUT2D eigenvalue weighted by Gasteiger charge is -2.10. The Morgan fingerprint density at radius 1 is 1.07 bits per heavy atom. The monoisotopic (exact) mass is 260 g/mol. The summed E-state index contributed by atoms with van der Waals surface area (Å²) in [6.07, 6.45) is 1.80. The molecule has 0 aliphatic heterocycles. The number of aromatic nitrogens is 1. The van der Waals surface area contributed by atoms with Crippen LogP contribution in [0.5, 0.6) is 0 Å². The molecule has 0 aliphatic carbocycles. The fourth-order valence-corrected chi connectivity index (χ4v) is 1.68. The fraction of sp³-hybridized carbons (Fsp3) is 0.0769. The first-order chi connectivity index (χ1) is 7.27. The number of benzene rings is 1. The van der Waals surface area contributed by atoms with Crippen LogP contribution in [0, 0.1) is 6.92 Å². The van der Waals surface area contributed by atoms with Gasteiger partial charge >= 0.3 is 0 Å². The van der Waals surface area contributed by atoms with Gasteiger partial charge in [0.1, 0.15) is 0 Å². The van der Waals surface area contributed by atoms with Crippen molar-refractivity contribution in [3.05, 3.63) is 71.3 Å². The number of hydrogen-bond donors (Lipinski definition) is 0. The summed E-state index contributed by atoms with van der Waals surface area (Å²) in [5, 5.41) is 0. The van der Waals surface area contributed by atoms with Crippen LogP contribution in [-0.2, 0) is 0 Å².